The zero-order valence-corrected chi connectivity index (χ0v) is 10.6. The summed E-state index contributed by atoms with van der Waals surface area (Å²) in [5.74, 6) is -1.40. The molecule has 4 nitrogen and oxygen atoms in total. The molecule has 0 bridgehead atoms. The van der Waals surface area contributed by atoms with Gasteiger partial charge in [0.2, 0.25) is 0 Å². The number of nitrogens with one attached hydrogen (secondary N) is 1. The largest absolute Gasteiger partial charge is 0.507 e. The van der Waals surface area contributed by atoms with E-state index in [2.05, 4.69) is 5.32 Å². The Balaban J connectivity index is 2.02. The van der Waals surface area contributed by atoms with Gasteiger partial charge in [0.05, 0.1) is 12.2 Å². The molecule has 0 unspecified atom stereocenters. The van der Waals surface area contributed by atoms with Gasteiger partial charge >= 0.3 is 0 Å². The Morgan fingerprint density at radius 2 is 1.75 bits per heavy atom. The van der Waals surface area contributed by atoms with Crippen LogP contribution in [0.15, 0.2) is 42.5 Å². The Morgan fingerprint density at radius 1 is 1.10 bits per heavy atom. The fraction of sp³-hybridized carbons (Fsp3) is 0.133. The van der Waals surface area contributed by atoms with Crippen molar-refractivity contribution in [2.45, 2.75) is 13.2 Å². The average molecular weight is 275 g/mol. The summed E-state index contributed by atoms with van der Waals surface area (Å²) < 4.78 is 13.0. The molecule has 5 heteroatoms. The van der Waals surface area contributed by atoms with E-state index in [1.165, 1.54) is 0 Å². The van der Waals surface area contributed by atoms with E-state index in [0.717, 1.165) is 29.3 Å². The number of carbonyl (C=O) groups is 1. The smallest absolute Gasteiger partial charge is 0.255 e. The summed E-state index contributed by atoms with van der Waals surface area (Å²) in [6.07, 6.45) is 0. The number of phenols is 1. The van der Waals surface area contributed by atoms with Crippen LogP contribution < -0.4 is 5.32 Å². The molecule has 0 aliphatic heterocycles. The molecule has 0 fully saturated rings. The third-order valence-corrected chi connectivity index (χ3v) is 2.86. The highest BCUT2D eigenvalue weighted by molar-refractivity contribution is 5.96. The average Bonchev–Trinajstić information content (AvgIpc) is 2.47. The van der Waals surface area contributed by atoms with Gasteiger partial charge in [0.1, 0.15) is 11.6 Å². The summed E-state index contributed by atoms with van der Waals surface area (Å²) in [6, 6.07) is 10.3. The van der Waals surface area contributed by atoms with Gasteiger partial charge in [-0.1, -0.05) is 24.3 Å². The third-order valence-electron chi connectivity index (χ3n) is 2.86. The second-order valence-corrected chi connectivity index (χ2v) is 4.32. The summed E-state index contributed by atoms with van der Waals surface area (Å²) in [7, 11) is 0. The quantitative estimate of drug-likeness (QED) is 0.798. The number of halogens is 1. The van der Waals surface area contributed by atoms with Crippen molar-refractivity contribution >= 4 is 5.91 Å². The van der Waals surface area contributed by atoms with Gasteiger partial charge in [0.15, 0.2) is 0 Å². The van der Waals surface area contributed by atoms with Crippen LogP contribution in [0.1, 0.15) is 21.5 Å². The highest BCUT2D eigenvalue weighted by Gasteiger charge is 2.11. The maximum absolute atomic E-state index is 13.0. The molecule has 3 N–H and O–H groups in total. The van der Waals surface area contributed by atoms with Crippen LogP contribution in [0, 0.1) is 5.82 Å². The number of aliphatic hydroxyl groups excluding tert-OH is 1. The molecule has 0 saturated heterocycles. The molecule has 2 aromatic carbocycles. The minimum absolute atomic E-state index is 0.0379. The summed E-state index contributed by atoms with van der Waals surface area (Å²) in [6.45, 7) is 0.213. The van der Waals surface area contributed by atoms with Crippen LogP contribution in [-0.4, -0.2) is 16.1 Å². The molecule has 0 atom stereocenters. The number of phenolic OH excluding ortho intramolecular Hbond substituents is 1. The van der Waals surface area contributed by atoms with Crippen molar-refractivity contribution in [1.29, 1.82) is 0 Å². The van der Waals surface area contributed by atoms with E-state index in [1.54, 1.807) is 24.3 Å². The molecule has 0 aliphatic rings. The van der Waals surface area contributed by atoms with Crippen molar-refractivity contribution in [3.63, 3.8) is 0 Å². The molecule has 0 aromatic heterocycles. The molecule has 0 saturated carbocycles. The van der Waals surface area contributed by atoms with Crippen LogP contribution in [0.2, 0.25) is 0 Å². The van der Waals surface area contributed by atoms with Crippen LogP contribution in [0.25, 0.3) is 0 Å². The summed E-state index contributed by atoms with van der Waals surface area (Å²) in [4.78, 5) is 11.8. The Kier molecular flexibility index (Phi) is 4.32. The highest BCUT2D eigenvalue weighted by Crippen LogP contribution is 2.17. The monoisotopic (exact) mass is 275 g/mol. The van der Waals surface area contributed by atoms with E-state index in [-0.39, 0.29) is 24.5 Å². The van der Waals surface area contributed by atoms with E-state index >= 15 is 0 Å². The van der Waals surface area contributed by atoms with Crippen LogP contribution in [0.5, 0.6) is 5.75 Å². The van der Waals surface area contributed by atoms with E-state index in [0.29, 0.717) is 0 Å². The molecular formula is C15H14FNO3. The van der Waals surface area contributed by atoms with E-state index in [1.807, 2.05) is 0 Å². The number of aliphatic hydroxyl groups is 1. The molecule has 104 valence electrons. The lowest BCUT2D eigenvalue weighted by atomic mass is 10.1. The van der Waals surface area contributed by atoms with E-state index < -0.39 is 11.7 Å². The summed E-state index contributed by atoms with van der Waals surface area (Å²) >= 11 is 0. The van der Waals surface area contributed by atoms with Gasteiger partial charge in [-0.2, -0.15) is 0 Å². The molecule has 2 rings (SSSR count). The van der Waals surface area contributed by atoms with Crippen molar-refractivity contribution < 1.29 is 19.4 Å². The number of amides is 1. The zero-order valence-electron chi connectivity index (χ0n) is 10.6. The fourth-order valence-corrected chi connectivity index (χ4v) is 1.73. The predicted molar refractivity (Wildman–Crippen MR) is 71.6 cm³/mol. The van der Waals surface area contributed by atoms with Crippen LogP contribution in [0.3, 0.4) is 0 Å². The minimum atomic E-state index is -0.583. The van der Waals surface area contributed by atoms with Gasteiger partial charge in [0.25, 0.3) is 5.91 Å². The van der Waals surface area contributed by atoms with Gasteiger partial charge in [-0.25, -0.2) is 4.39 Å². The number of aromatic hydroxyl groups is 1. The topological polar surface area (TPSA) is 69.6 Å². The van der Waals surface area contributed by atoms with Gasteiger partial charge in [0, 0.05) is 6.54 Å². The minimum Gasteiger partial charge on any atom is -0.507 e. The number of rotatable bonds is 4. The first-order valence-electron chi connectivity index (χ1n) is 6.05. The third kappa shape index (κ3) is 3.33. The van der Waals surface area contributed by atoms with Crippen molar-refractivity contribution in [1.82, 2.24) is 5.32 Å². The first kappa shape index (κ1) is 14.0. The van der Waals surface area contributed by atoms with Crippen molar-refractivity contribution in [2.75, 3.05) is 0 Å². The molecule has 2 aromatic rings. The molecule has 0 aliphatic carbocycles. The van der Waals surface area contributed by atoms with Crippen molar-refractivity contribution in [3.8, 4) is 5.75 Å². The number of hydrogen-bond acceptors (Lipinski definition) is 3. The Bertz CT molecular complexity index is 611. The SMILES string of the molecule is O=C(NCc1ccc(CO)cc1)c1cc(F)ccc1O. The lowest BCUT2D eigenvalue weighted by Crippen LogP contribution is -2.23. The summed E-state index contributed by atoms with van der Waals surface area (Å²) in [5, 5.41) is 21.0. The maximum atomic E-state index is 13.0. The molecule has 20 heavy (non-hydrogen) atoms. The first-order chi connectivity index (χ1) is 9.60. The van der Waals surface area contributed by atoms with Gasteiger partial charge in [-0.3, -0.25) is 4.79 Å². The predicted octanol–water partition coefficient (Wildman–Crippen LogP) is 1.95. The van der Waals surface area contributed by atoms with Gasteiger partial charge in [-0.05, 0) is 29.3 Å². The van der Waals surface area contributed by atoms with E-state index in [4.69, 9.17) is 5.11 Å². The van der Waals surface area contributed by atoms with Crippen molar-refractivity contribution in [2.24, 2.45) is 0 Å². The van der Waals surface area contributed by atoms with Crippen LogP contribution in [-0.2, 0) is 13.2 Å². The lowest BCUT2D eigenvalue weighted by Gasteiger charge is -2.07. The Morgan fingerprint density at radius 3 is 2.40 bits per heavy atom. The fourth-order valence-electron chi connectivity index (χ4n) is 1.73. The molecular weight excluding hydrogens is 261 g/mol. The Labute approximate surface area is 115 Å². The van der Waals surface area contributed by atoms with Crippen LogP contribution in [0.4, 0.5) is 4.39 Å². The number of hydrogen-bond donors (Lipinski definition) is 3. The van der Waals surface area contributed by atoms with Gasteiger partial charge in [-0.15, -0.1) is 0 Å². The maximum Gasteiger partial charge on any atom is 0.255 e. The number of benzene rings is 2. The molecule has 0 heterocycles. The lowest BCUT2D eigenvalue weighted by molar-refractivity contribution is 0.0947. The zero-order chi connectivity index (χ0) is 14.5. The number of carbonyl (C=O) groups excluding carboxylic acids is 1. The summed E-state index contributed by atoms with van der Waals surface area (Å²) in [5.41, 5.74) is 1.52. The van der Waals surface area contributed by atoms with E-state index in [9.17, 15) is 14.3 Å². The standard InChI is InChI=1S/C15H14FNO3/c16-12-5-6-14(19)13(7-12)15(20)17-8-10-1-3-11(9-18)4-2-10/h1-7,18-19H,8-9H2,(H,17,20). The van der Waals surface area contributed by atoms with Gasteiger partial charge < -0.3 is 15.5 Å². The van der Waals surface area contributed by atoms with Crippen LogP contribution >= 0.6 is 0 Å². The normalized spacial score (nSPS) is 10.3. The first-order valence-corrected chi connectivity index (χ1v) is 6.05. The second-order valence-electron chi connectivity index (χ2n) is 4.32. The molecule has 1 amide bonds. The molecule has 0 radical (unpaired) electrons. The second kappa shape index (κ2) is 6.16. The Hall–Kier alpha value is -2.40. The highest BCUT2D eigenvalue weighted by atomic mass is 19.1. The molecule has 0 spiro atoms. The van der Waals surface area contributed by atoms with Crippen molar-refractivity contribution in [3.05, 3.63) is 65.0 Å².